The molecule has 124 valence electrons. The van der Waals surface area contributed by atoms with Crippen molar-refractivity contribution >= 4 is 17.4 Å². The fourth-order valence-electron chi connectivity index (χ4n) is 1.81. The van der Waals surface area contributed by atoms with E-state index in [9.17, 15) is 17.6 Å². The summed E-state index contributed by atoms with van der Waals surface area (Å²) in [4.78, 5) is 0. The van der Waals surface area contributed by atoms with Gasteiger partial charge in [0.2, 0.25) is 0 Å². The van der Waals surface area contributed by atoms with E-state index in [-0.39, 0.29) is 16.5 Å². The number of nitrogens with zero attached hydrogens (tertiary/aromatic N) is 1. The molecule has 0 amide bonds. The lowest BCUT2D eigenvalue weighted by molar-refractivity contribution is -0.0876. The maximum Gasteiger partial charge on any atom is 0.428 e. The number of rotatable bonds is 5. The van der Waals surface area contributed by atoms with E-state index in [1.165, 1.54) is 18.2 Å². The molecule has 0 heterocycles. The molecule has 0 unspecified atom stereocenters. The zero-order valence-electron chi connectivity index (χ0n) is 12.3. The predicted octanol–water partition coefficient (Wildman–Crippen LogP) is 5.47. The molecule has 0 spiro atoms. The molecule has 0 aliphatic carbocycles. The summed E-state index contributed by atoms with van der Waals surface area (Å²) in [7, 11) is 0. The first kappa shape index (κ1) is 17.9. The van der Waals surface area contributed by atoms with Crippen LogP contribution in [0.4, 0.5) is 23.2 Å². The fourth-order valence-corrected chi connectivity index (χ4v) is 2.81. The lowest BCUT2D eigenvalue weighted by Crippen LogP contribution is -2.15. The summed E-state index contributed by atoms with van der Waals surface area (Å²) in [6.45, 7) is 0. The second-order valence-electron chi connectivity index (χ2n) is 4.72. The van der Waals surface area contributed by atoms with Gasteiger partial charge >= 0.3 is 6.18 Å². The molecule has 1 N–H and O–H groups in total. The normalized spacial score (nSPS) is 12.3. The Morgan fingerprint density at radius 3 is 2.21 bits per heavy atom. The lowest BCUT2D eigenvalue weighted by atomic mass is 10.2. The molecule has 24 heavy (non-hydrogen) atoms. The van der Waals surface area contributed by atoms with E-state index in [0.29, 0.717) is 0 Å². The van der Waals surface area contributed by atoms with Crippen molar-refractivity contribution in [2.75, 3.05) is 5.32 Å². The van der Waals surface area contributed by atoms with Gasteiger partial charge in [0.15, 0.2) is 5.57 Å². The van der Waals surface area contributed by atoms with Gasteiger partial charge in [-0.3, -0.25) is 0 Å². The maximum atomic E-state index is 13.1. The summed E-state index contributed by atoms with van der Waals surface area (Å²) >= 11 is 0.865. The SMILES string of the molecule is N#C/C(=C(\Nc1ccc(F)cc1)SCc1ccccc1)C(F)(F)F. The highest BCUT2D eigenvalue weighted by Crippen LogP contribution is 2.34. The number of anilines is 1. The summed E-state index contributed by atoms with van der Waals surface area (Å²) in [5.41, 5.74) is -0.225. The number of nitriles is 1. The Hall–Kier alpha value is -2.46. The van der Waals surface area contributed by atoms with Crippen LogP contribution in [0.25, 0.3) is 0 Å². The van der Waals surface area contributed by atoms with E-state index in [1.807, 2.05) is 0 Å². The molecule has 0 aromatic heterocycles. The van der Waals surface area contributed by atoms with Gasteiger partial charge in [0, 0.05) is 11.4 Å². The molecule has 0 aliphatic rings. The lowest BCUT2D eigenvalue weighted by Gasteiger charge is -2.15. The number of alkyl halides is 3. The fraction of sp³-hybridized carbons (Fsp3) is 0.118. The highest BCUT2D eigenvalue weighted by molar-refractivity contribution is 8.02. The van der Waals surface area contributed by atoms with E-state index in [4.69, 9.17) is 5.26 Å². The summed E-state index contributed by atoms with van der Waals surface area (Å²) < 4.78 is 52.1. The molecular formula is C17H12F4N2S. The van der Waals surface area contributed by atoms with Gasteiger partial charge in [0.1, 0.15) is 11.9 Å². The van der Waals surface area contributed by atoms with Crippen LogP contribution in [0, 0.1) is 17.1 Å². The van der Waals surface area contributed by atoms with E-state index < -0.39 is 17.6 Å². The van der Waals surface area contributed by atoms with Crippen molar-refractivity contribution in [3.05, 3.63) is 76.6 Å². The Kier molecular flexibility index (Phi) is 5.88. The summed E-state index contributed by atoms with van der Waals surface area (Å²) in [6.07, 6.45) is -4.78. The number of hydrogen-bond acceptors (Lipinski definition) is 3. The van der Waals surface area contributed by atoms with Crippen molar-refractivity contribution in [1.29, 1.82) is 5.26 Å². The van der Waals surface area contributed by atoms with E-state index in [0.717, 1.165) is 29.5 Å². The van der Waals surface area contributed by atoms with Crippen LogP contribution >= 0.6 is 11.8 Å². The third-order valence-electron chi connectivity index (χ3n) is 2.95. The van der Waals surface area contributed by atoms with Gasteiger partial charge in [-0.25, -0.2) is 4.39 Å². The number of benzene rings is 2. The van der Waals surface area contributed by atoms with Crippen molar-refractivity contribution in [3.63, 3.8) is 0 Å². The highest BCUT2D eigenvalue weighted by atomic mass is 32.2. The second-order valence-corrected chi connectivity index (χ2v) is 5.71. The van der Waals surface area contributed by atoms with Crippen LogP contribution in [0.15, 0.2) is 65.2 Å². The van der Waals surface area contributed by atoms with Gasteiger partial charge in [0.25, 0.3) is 0 Å². The maximum absolute atomic E-state index is 13.1. The van der Waals surface area contributed by atoms with Crippen LogP contribution in [-0.4, -0.2) is 6.18 Å². The van der Waals surface area contributed by atoms with Gasteiger partial charge in [-0.1, -0.05) is 30.3 Å². The smallest absolute Gasteiger partial charge is 0.349 e. The summed E-state index contributed by atoms with van der Waals surface area (Å²) in [6, 6.07) is 15.0. The number of hydrogen-bond donors (Lipinski definition) is 1. The van der Waals surface area contributed by atoms with Gasteiger partial charge in [0.05, 0.1) is 5.03 Å². The van der Waals surface area contributed by atoms with Gasteiger partial charge in [-0.15, -0.1) is 11.8 Å². The minimum atomic E-state index is -4.78. The molecule has 0 saturated heterocycles. The quantitative estimate of drug-likeness (QED) is 0.573. The van der Waals surface area contributed by atoms with E-state index >= 15 is 0 Å². The zero-order chi connectivity index (χ0) is 17.6. The molecule has 2 aromatic rings. The van der Waals surface area contributed by atoms with Crippen LogP contribution in [0.5, 0.6) is 0 Å². The first-order chi connectivity index (χ1) is 11.4. The second kappa shape index (κ2) is 7.88. The Morgan fingerprint density at radius 2 is 1.67 bits per heavy atom. The molecule has 0 fully saturated rings. The summed E-state index contributed by atoms with van der Waals surface area (Å²) in [5.74, 6) is -0.245. The molecule has 0 saturated carbocycles. The van der Waals surface area contributed by atoms with Gasteiger partial charge < -0.3 is 5.32 Å². The molecule has 0 radical (unpaired) electrons. The van der Waals surface area contributed by atoms with Gasteiger partial charge in [-0.2, -0.15) is 18.4 Å². The molecule has 2 aromatic carbocycles. The average molecular weight is 352 g/mol. The minimum Gasteiger partial charge on any atom is -0.349 e. The zero-order valence-corrected chi connectivity index (χ0v) is 13.1. The third-order valence-corrected chi connectivity index (χ3v) is 4.02. The molecule has 2 rings (SSSR count). The average Bonchev–Trinajstić information content (AvgIpc) is 2.55. The van der Waals surface area contributed by atoms with Crippen LogP contribution in [0.2, 0.25) is 0 Å². The van der Waals surface area contributed by atoms with Crippen molar-refractivity contribution < 1.29 is 17.6 Å². The number of nitrogens with one attached hydrogen (secondary N) is 1. The Morgan fingerprint density at radius 1 is 1.04 bits per heavy atom. The number of allylic oxidation sites excluding steroid dienone is 1. The van der Waals surface area contributed by atoms with Crippen LogP contribution in [0.3, 0.4) is 0 Å². The Balaban J connectivity index is 2.29. The molecule has 2 nitrogen and oxygen atoms in total. The molecule has 7 heteroatoms. The van der Waals surface area contributed by atoms with Crippen LogP contribution in [0.1, 0.15) is 5.56 Å². The van der Waals surface area contributed by atoms with E-state index in [2.05, 4.69) is 5.32 Å². The molecule has 0 aliphatic heterocycles. The predicted molar refractivity (Wildman–Crippen MR) is 86.5 cm³/mol. The third kappa shape index (κ3) is 5.03. The van der Waals surface area contributed by atoms with Crippen molar-refractivity contribution in [2.45, 2.75) is 11.9 Å². The van der Waals surface area contributed by atoms with Crippen molar-refractivity contribution in [1.82, 2.24) is 0 Å². The van der Waals surface area contributed by atoms with Gasteiger partial charge in [-0.05, 0) is 29.8 Å². The first-order valence-electron chi connectivity index (χ1n) is 6.81. The first-order valence-corrected chi connectivity index (χ1v) is 7.79. The molecular weight excluding hydrogens is 340 g/mol. The molecule has 0 bridgehead atoms. The highest BCUT2D eigenvalue weighted by Gasteiger charge is 2.37. The molecule has 0 atom stereocenters. The van der Waals surface area contributed by atoms with Crippen molar-refractivity contribution in [2.24, 2.45) is 0 Å². The standard InChI is InChI=1S/C17H12F4N2S/c18-13-6-8-14(9-7-13)23-16(15(10-22)17(19,20)21)24-11-12-4-2-1-3-5-12/h1-9,23H,11H2/b16-15-. The van der Waals surface area contributed by atoms with Crippen molar-refractivity contribution in [3.8, 4) is 6.07 Å². The number of thioether (sulfide) groups is 1. The Bertz CT molecular complexity index is 747. The van der Waals surface area contributed by atoms with Crippen LogP contribution in [-0.2, 0) is 5.75 Å². The minimum absolute atomic E-state index is 0.256. The number of halogens is 4. The van der Waals surface area contributed by atoms with E-state index in [1.54, 1.807) is 30.3 Å². The monoisotopic (exact) mass is 352 g/mol. The topological polar surface area (TPSA) is 35.8 Å². The van der Waals surface area contributed by atoms with Crippen LogP contribution < -0.4 is 5.32 Å². The Labute approximate surface area is 140 Å². The summed E-state index contributed by atoms with van der Waals surface area (Å²) in [5, 5.41) is 11.2. The largest absolute Gasteiger partial charge is 0.428 e.